The Bertz CT molecular complexity index is 878. The monoisotopic (exact) mass is 368 g/mol. The van der Waals surface area contributed by atoms with E-state index in [0.717, 1.165) is 29.4 Å². The molecule has 6 heteroatoms. The van der Waals surface area contributed by atoms with Gasteiger partial charge < -0.3 is 4.74 Å². The maximum absolute atomic E-state index is 6.05. The number of ether oxygens (including phenoxy) is 1. The van der Waals surface area contributed by atoms with Crippen molar-refractivity contribution in [2.75, 3.05) is 13.2 Å². The van der Waals surface area contributed by atoms with Gasteiger partial charge in [0.2, 0.25) is 0 Å². The molecule has 3 aromatic rings. The van der Waals surface area contributed by atoms with Crippen molar-refractivity contribution < 1.29 is 4.74 Å². The summed E-state index contributed by atoms with van der Waals surface area (Å²) in [7, 11) is 0. The van der Waals surface area contributed by atoms with Crippen LogP contribution < -0.4 is 0 Å². The Morgan fingerprint density at radius 1 is 1.12 bits per heavy atom. The van der Waals surface area contributed by atoms with E-state index in [2.05, 4.69) is 46.4 Å². The summed E-state index contributed by atoms with van der Waals surface area (Å²) in [5.41, 5.74) is 4.48. The van der Waals surface area contributed by atoms with Crippen molar-refractivity contribution in [3.8, 4) is 0 Å². The average molecular weight is 369 g/mol. The summed E-state index contributed by atoms with van der Waals surface area (Å²) in [4.78, 5) is 2.29. The van der Waals surface area contributed by atoms with E-state index in [4.69, 9.17) is 16.3 Å². The lowest BCUT2D eigenvalue weighted by molar-refractivity contribution is 0.0252. The van der Waals surface area contributed by atoms with Gasteiger partial charge >= 0.3 is 0 Å². The van der Waals surface area contributed by atoms with Crippen LogP contribution in [0, 0.1) is 6.92 Å². The summed E-state index contributed by atoms with van der Waals surface area (Å²) in [6.45, 7) is 5.17. The summed E-state index contributed by atoms with van der Waals surface area (Å²) in [5.74, 6) is 0. The van der Waals surface area contributed by atoms with Gasteiger partial charge in [0.25, 0.3) is 0 Å². The van der Waals surface area contributed by atoms with Crippen LogP contribution in [-0.2, 0) is 17.8 Å². The van der Waals surface area contributed by atoms with Crippen molar-refractivity contribution >= 4 is 11.6 Å². The van der Waals surface area contributed by atoms with Crippen LogP contribution in [0.4, 0.5) is 0 Å². The van der Waals surface area contributed by atoms with Gasteiger partial charge in [0.1, 0.15) is 5.69 Å². The fourth-order valence-corrected chi connectivity index (χ4v) is 3.41. The molecule has 0 saturated carbocycles. The molecular weight excluding hydrogens is 348 g/mol. The zero-order valence-corrected chi connectivity index (χ0v) is 15.4. The average Bonchev–Trinajstić information content (AvgIpc) is 3.26. The highest BCUT2D eigenvalue weighted by molar-refractivity contribution is 6.30. The number of hydrogen-bond acceptors (Lipinski definition) is 4. The van der Waals surface area contributed by atoms with Gasteiger partial charge in [-0.05, 0) is 30.2 Å². The number of aromatic nitrogens is 3. The summed E-state index contributed by atoms with van der Waals surface area (Å²) in [5, 5.41) is 9.32. The van der Waals surface area contributed by atoms with Gasteiger partial charge in [-0.1, -0.05) is 58.8 Å². The van der Waals surface area contributed by atoms with Crippen molar-refractivity contribution in [2.24, 2.45) is 0 Å². The highest BCUT2D eigenvalue weighted by atomic mass is 35.5. The third-order valence-corrected chi connectivity index (χ3v) is 4.77. The minimum absolute atomic E-state index is 0.149. The lowest BCUT2D eigenvalue weighted by Gasteiger charge is -2.21. The van der Waals surface area contributed by atoms with Crippen LogP contribution in [0.2, 0.25) is 5.02 Å². The summed E-state index contributed by atoms with van der Waals surface area (Å²) in [6, 6.07) is 16.4. The zero-order chi connectivity index (χ0) is 17.9. The summed E-state index contributed by atoms with van der Waals surface area (Å²) < 4.78 is 7.75. The topological polar surface area (TPSA) is 43.2 Å². The first kappa shape index (κ1) is 17.2. The molecule has 4 rings (SSSR count). The molecule has 2 aromatic carbocycles. The van der Waals surface area contributed by atoms with E-state index >= 15 is 0 Å². The SMILES string of the molecule is Cc1ccc(CN2CCO[C@@H]2c2cn(Cc3cccc(Cl)c3)nn2)cc1. The number of rotatable bonds is 5. The predicted molar refractivity (Wildman–Crippen MR) is 101 cm³/mol. The molecule has 0 aliphatic carbocycles. The van der Waals surface area contributed by atoms with E-state index in [1.165, 1.54) is 11.1 Å². The standard InChI is InChI=1S/C20H21ClN4O/c1-15-5-7-16(8-6-15)12-24-9-10-26-20(24)19-14-25(23-22-19)13-17-3-2-4-18(21)11-17/h2-8,11,14,20H,9-10,12-13H2,1H3/t20-/m1/s1. The second-order valence-electron chi connectivity index (χ2n) is 6.65. The van der Waals surface area contributed by atoms with Gasteiger partial charge in [-0.25, -0.2) is 4.68 Å². The number of nitrogens with zero attached hydrogens (tertiary/aromatic N) is 4. The highest BCUT2D eigenvalue weighted by Gasteiger charge is 2.29. The fraction of sp³-hybridized carbons (Fsp3) is 0.300. The Labute approximate surface area is 158 Å². The first-order valence-electron chi connectivity index (χ1n) is 8.73. The summed E-state index contributed by atoms with van der Waals surface area (Å²) in [6.07, 6.45) is 1.81. The van der Waals surface area contributed by atoms with Crippen LogP contribution >= 0.6 is 11.6 Å². The van der Waals surface area contributed by atoms with Crippen molar-refractivity contribution in [2.45, 2.75) is 26.2 Å². The molecule has 0 amide bonds. The Morgan fingerprint density at radius 2 is 1.96 bits per heavy atom. The fourth-order valence-electron chi connectivity index (χ4n) is 3.19. The molecule has 0 radical (unpaired) electrons. The Balaban J connectivity index is 1.46. The maximum atomic E-state index is 6.05. The van der Waals surface area contributed by atoms with Crippen LogP contribution in [0.15, 0.2) is 54.7 Å². The number of aryl methyl sites for hydroxylation is 1. The van der Waals surface area contributed by atoms with Gasteiger partial charge in [-0.2, -0.15) is 0 Å². The normalized spacial score (nSPS) is 17.7. The minimum atomic E-state index is -0.149. The van der Waals surface area contributed by atoms with Gasteiger partial charge in [0.15, 0.2) is 6.23 Å². The molecule has 0 bridgehead atoms. The van der Waals surface area contributed by atoms with Crippen LogP contribution in [0.3, 0.4) is 0 Å². The molecule has 134 valence electrons. The third-order valence-electron chi connectivity index (χ3n) is 4.54. The van der Waals surface area contributed by atoms with Crippen LogP contribution in [-0.4, -0.2) is 33.0 Å². The van der Waals surface area contributed by atoms with Gasteiger partial charge in [-0.15, -0.1) is 5.10 Å². The van der Waals surface area contributed by atoms with Crippen molar-refractivity contribution in [3.63, 3.8) is 0 Å². The van der Waals surface area contributed by atoms with Crippen LogP contribution in [0.1, 0.15) is 28.6 Å². The van der Waals surface area contributed by atoms with Crippen molar-refractivity contribution in [3.05, 3.63) is 82.1 Å². The predicted octanol–water partition coefficient (Wildman–Crippen LogP) is 3.82. The van der Waals surface area contributed by atoms with E-state index in [1.807, 2.05) is 35.1 Å². The molecule has 2 heterocycles. The number of halogens is 1. The highest BCUT2D eigenvalue weighted by Crippen LogP contribution is 2.27. The number of hydrogen-bond donors (Lipinski definition) is 0. The molecule has 1 aliphatic rings. The van der Waals surface area contributed by atoms with E-state index < -0.39 is 0 Å². The molecule has 0 unspecified atom stereocenters. The quantitative estimate of drug-likeness (QED) is 0.686. The number of benzene rings is 2. The van der Waals surface area contributed by atoms with E-state index in [9.17, 15) is 0 Å². The second kappa shape index (κ2) is 7.58. The Morgan fingerprint density at radius 3 is 2.77 bits per heavy atom. The van der Waals surface area contributed by atoms with Gasteiger partial charge in [-0.3, -0.25) is 4.90 Å². The van der Waals surface area contributed by atoms with Crippen LogP contribution in [0.5, 0.6) is 0 Å². The lowest BCUT2D eigenvalue weighted by atomic mass is 10.1. The van der Waals surface area contributed by atoms with Crippen molar-refractivity contribution in [1.82, 2.24) is 19.9 Å². The first-order chi connectivity index (χ1) is 12.7. The lowest BCUT2D eigenvalue weighted by Crippen LogP contribution is -2.23. The molecule has 26 heavy (non-hydrogen) atoms. The molecule has 5 nitrogen and oxygen atoms in total. The molecule has 0 N–H and O–H groups in total. The molecule has 1 aliphatic heterocycles. The van der Waals surface area contributed by atoms with Crippen molar-refractivity contribution in [1.29, 1.82) is 0 Å². The molecule has 0 spiro atoms. The molecule has 1 aromatic heterocycles. The second-order valence-corrected chi connectivity index (χ2v) is 7.09. The third kappa shape index (κ3) is 3.96. The minimum Gasteiger partial charge on any atom is -0.356 e. The van der Waals surface area contributed by atoms with Crippen LogP contribution in [0.25, 0.3) is 0 Å². The Kier molecular flexibility index (Phi) is 5.02. The maximum Gasteiger partial charge on any atom is 0.157 e. The zero-order valence-electron chi connectivity index (χ0n) is 14.7. The van der Waals surface area contributed by atoms with Gasteiger partial charge in [0.05, 0.1) is 19.3 Å². The van der Waals surface area contributed by atoms with E-state index in [-0.39, 0.29) is 6.23 Å². The molecule has 1 atom stereocenters. The molecular formula is C20H21ClN4O. The van der Waals surface area contributed by atoms with E-state index in [1.54, 1.807) is 0 Å². The molecule has 1 fully saturated rings. The largest absolute Gasteiger partial charge is 0.356 e. The first-order valence-corrected chi connectivity index (χ1v) is 9.11. The summed E-state index contributed by atoms with van der Waals surface area (Å²) >= 11 is 6.05. The van der Waals surface area contributed by atoms with E-state index in [0.29, 0.717) is 13.2 Å². The molecule has 1 saturated heterocycles. The Hall–Kier alpha value is -2.21. The smallest absolute Gasteiger partial charge is 0.157 e. The van der Waals surface area contributed by atoms with Gasteiger partial charge in [0, 0.05) is 18.1 Å².